The molecule has 0 saturated heterocycles. The van der Waals surface area contributed by atoms with Crippen LogP contribution in [-0.2, 0) is 17.8 Å². The van der Waals surface area contributed by atoms with Crippen LogP contribution in [0.25, 0.3) is 0 Å². The molecule has 0 radical (unpaired) electrons. The SMILES string of the molecule is CNC(=O)Cc1ccccc1NCc1c(C)cccc1C. The van der Waals surface area contributed by atoms with Gasteiger partial charge in [-0.3, -0.25) is 4.79 Å². The molecule has 0 aliphatic carbocycles. The van der Waals surface area contributed by atoms with Gasteiger partial charge in [-0.1, -0.05) is 36.4 Å². The average Bonchev–Trinajstić information content (AvgIpc) is 2.48. The molecule has 0 atom stereocenters. The van der Waals surface area contributed by atoms with Crippen LogP contribution in [-0.4, -0.2) is 13.0 Å². The van der Waals surface area contributed by atoms with Gasteiger partial charge in [-0.15, -0.1) is 0 Å². The summed E-state index contributed by atoms with van der Waals surface area (Å²) in [6, 6.07) is 14.3. The lowest BCUT2D eigenvalue weighted by Gasteiger charge is -2.14. The molecular weight excluding hydrogens is 260 g/mol. The highest BCUT2D eigenvalue weighted by Gasteiger charge is 2.07. The molecule has 0 fully saturated rings. The Kier molecular flexibility index (Phi) is 4.99. The Morgan fingerprint density at radius 3 is 2.33 bits per heavy atom. The van der Waals surface area contributed by atoms with Crippen LogP contribution in [0.1, 0.15) is 22.3 Å². The van der Waals surface area contributed by atoms with E-state index in [0.717, 1.165) is 17.8 Å². The molecule has 2 aromatic rings. The van der Waals surface area contributed by atoms with Gasteiger partial charge in [0.2, 0.25) is 5.91 Å². The van der Waals surface area contributed by atoms with Crippen LogP contribution in [0.2, 0.25) is 0 Å². The van der Waals surface area contributed by atoms with Gasteiger partial charge < -0.3 is 10.6 Å². The first-order valence-electron chi connectivity index (χ1n) is 7.19. The second-order valence-electron chi connectivity index (χ2n) is 5.23. The molecule has 0 aliphatic heterocycles. The van der Waals surface area contributed by atoms with Crippen molar-refractivity contribution in [1.29, 1.82) is 0 Å². The second kappa shape index (κ2) is 6.93. The molecule has 0 heterocycles. The minimum absolute atomic E-state index is 0.0244. The fraction of sp³-hybridized carbons (Fsp3) is 0.278. The van der Waals surface area contributed by atoms with Gasteiger partial charge in [-0.05, 0) is 42.2 Å². The van der Waals surface area contributed by atoms with Crippen LogP contribution in [0, 0.1) is 13.8 Å². The smallest absolute Gasteiger partial charge is 0.224 e. The van der Waals surface area contributed by atoms with Crippen molar-refractivity contribution in [3.63, 3.8) is 0 Å². The Labute approximate surface area is 126 Å². The predicted molar refractivity (Wildman–Crippen MR) is 87.5 cm³/mol. The van der Waals surface area contributed by atoms with Gasteiger partial charge in [0.05, 0.1) is 6.42 Å². The van der Waals surface area contributed by atoms with Crippen molar-refractivity contribution in [2.75, 3.05) is 12.4 Å². The number of likely N-dealkylation sites (N-methyl/N-ethyl adjacent to an activating group) is 1. The summed E-state index contributed by atoms with van der Waals surface area (Å²) >= 11 is 0. The molecular formula is C18H22N2O. The van der Waals surface area contributed by atoms with Crippen LogP contribution in [0.5, 0.6) is 0 Å². The number of amides is 1. The van der Waals surface area contributed by atoms with Crippen LogP contribution in [0.4, 0.5) is 5.69 Å². The molecule has 0 saturated carbocycles. The largest absolute Gasteiger partial charge is 0.381 e. The van der Waals surface area contributed by atoms with Crippen LogP contribution >= 0.6 is 0 Å². The van der Waals surface area contributed by atoms with Gasteiger partial charge in [-0.2, -0.15) is 0 Å². The first-order valence-corrected chi connectivity index (χ1v) is 7.19. The molecule has 0 spiro atoms. The third kappa shape index (κ3) is 3.85. The number of aryl methyl sites for hydroxylation is 2. The Morgan fingerprint density at radius 2 is 1.67 bits per heavy atom. The highest BCUT2D eigenvalue weighted by Crippen LogP contribution is 2.19. The van der Waals surface area contributed by atoms with Gasteiger partial charge in [0.25, 0.3) is 0 Å². The minimum atomic E-state index is 0.0244. The number of hydrogen-bond acceptors (Lipinski definition) is 2. The van der Waals surface area contributed by atoms with Crippen molar-refractivity contribution in [1.82, 2.24) is 5.32 Å². The van der Waals surface area contributed by atoms with E-state index in [0.29, 0.717) is 6.42 Å². The molecule has 0 unspecified atom stereocenters. The summed E-state index contributed by atoms with van der Waals surface area (Å²) in [5, 5.41) is 6.13. The Balaban J connectivity index is 2.15. The summed E-state index contributed by atoms with van der Waals surface area (Å²) < 4.78 is 0. The fourth-order valence-corrected chi connectivity index (χ4v) is 2.42. The highest BCUT2D eigenvalue weighted by molar-refractivity contribution is 5.80. The number of hydrogen-bond donors (Lipinski definition) is 2. The number of carbonyl (C=O) groups excluding carboxylic acids is 1. The summed E-state index contributed by atoms with van der Waals surface area (Å²) in [6.45, 7) is 5.02. The monoisotopic (exact) mass is 282 g/mol. The lowest BCUT2D eigenvalue weighted by Crippen LogP contribution is -2.20. The molecule has 21 heavy (non-hydrogen) atoms. The second-order valence-corrected chi connectivity index (χ2v) is 5.23. The summed E-state index contributed by atoms with van der Waals surface area (Å²) in [4.78, 5) is 11.6. The number of rotatable bonds is 5. The van der Waals surface area contributed by atoms with Gasteiger partial charge in [0.1, 0.15) is 0 Å². The zero-order valence-electron chi connectivity index (χ0n) is 12.9. The van der Waals surface area contributed by atoms with E-state index in [4.69, 9.17) is 0 Å². The molecule has 110 valence electrons. The maximum Gasteiger partial charge on any atom is 0.224 e. The molecule has 2 N–H and O–H groups in total. The van der Waals surface area contributed by atoms with E-state index in [1.54, 1.807) is 7.05 Å². The molecule has 0 aliphatic rings. The van der Waals surface area contributed by atoms with Crippen molar-refractivity contribution in [3.05, 3.63) is 64.7 Å². The number of benzene rings is 2. The molecule has 3 heteroatoms. The molecule has 1 amide bonds. The van der Waals surface area contributed by atoms with Crippen LogP contribution < -0.4 is 10.6 Å². The Morgan fingerprint density at radius 1 is 1.00 bits per heavy atom. The molecule has 2 rings (SSSR count). The van der Waals surface area contributed by atoms with E-state index in [9.17, 15) is 4.79 Å². The first-order chi connectivity index (χ1) is 10.1. The van der Waals surface area contributed by atoms with Crippen molar-refractivity contribution >= 4 is 11.6 Å². The number of nitrogens with one attached hydrogen (secondary N) is 2. The number of anilines is 1. The summed E-state index contributed by atoms with van der Waals surface area (Å²) in [5.41, 5.74) is 5.91. The van der Waals surface area contributed by atoms with Crippen molar-refractivity contribution in [2.24, 2.45) is 0 Å². The summed E-state index contributed by atoms with van der Waals surface area (Å²) in [6.07, 6.45) is 0.395. The molecule has 3 nitrogen and oxygen atoms in total. The minimum Gasteiger partial charge on any atom is -0.381 e. The summed E-state index contributed by atoms with van der Waals surface area (Å²) in [7, 11) is 1.66. The highest BCUT2D eigenvalue weighted by atomic mass is 16.1. The lowest BCUT2D eigenvalue weighted by molar-refractivity contribution is -0.119. The molecule has 2 aromatic carbocycles. The van der Waals surface area contributed by atoms with E-state index in [-0.39, 0.29) is 5.91 Å². The Hall–Kier alpha value is -2.29. The maximum atomic E-state index is 11.6. The molecule has 0 aromatic heterocycles. The zero-order valence-corrected chi connectivity index (χ0v) is 12.9. The van der Waals surface area contributed by atoms with E-state index in [1.165, 1.54) is 16.7 Å². The van der Waals surface area contributed by atoms with Crippen molar-refractivity contribution in [2.45, 2.75) is 26.8 Å². The zero-order chi connectivity index (χ0) is 15.2. The van der Waals surface area contributed by atoms with Crippen LogP contribution in [0.15, 0.2) is 42.5 Å². The predicted octanol–water partition coefficient (Wildman–Crippen LogP) is 3.20. The van der Waals surface area contributed by atoms with Crippen LogP contribution in [0.3, 0.4) is 0 Å². The summed E-state index contributed by atoms with van der Waals surface area (Å²) in [5.74, 6) is 0.0244. The first kappa shape index (κ1) is 15.1. The van der Waals surface area contributed by atoms with E-state index >= 15 is 0 Å². The standard InChI is InChI=1S/C18H22N2O/c1-13-7-6-8-14(2)16(13)12-20-17-10-5-4-9-15(17)11-18(21)19-3/h4-10,20H,11-12H2,1-3H3,(H,19,21). The molecule has 0 bridgehead atoms. The lowest BCUT2D eigenvalue weighted by atomic mass is 10.0. The van der Waals surface area contributed by atoms with E-state index in [1.807, 2.05) is 24.3 Å². The quantitative estimate of drug-likeness (QED) is 0.884. The third-order valence-electron chi connectivity index (χ3n) is 3.75. The van der Waals surface area contributed by atoms with Gasteiger partial charge >= 0.3 is 0 Å². The van der Waals surface area contributed by atoms with E-state index < -0.39 is 0 Å². The van der Waals surface area contributed by atoms with Gasteiger partial charge in [-0.25, -0.2) is 0 Å². The normalized spacial score (nSPS) is 10.2. The van der Waals surface area contributed by atoms with E-state index in [2.05, 4.69) is 42.7 Å². The number of carbonyl (C=O) groups is 1. The van der Waals surface area contributed by atoms with Crippen molar-refractivity contribution < 1.29 is 4.79 Å². The third-order valence-corrected chi connectivity index (χ3v) is 3.75. The van der Waals surface area contributed by atoms with Gasteiger partial charge in [0, 0.05) is 19.3 Å². The number of para-hydroxylation sites is 1. The van der Waals surface area contributed by atoms with Crippen molar-refractivity contribution in [3.8, 4) is 0 Å². The Bertz CT molecular complexity index is 615. The maximum absolute atomic E-state index is 11.6. The fourth-order valence-electron chi connectivity index (χ4n) is 2.42. The topological polar surface area (TPSA) is 41.1 Å². The van der Waals surface area contributed by atoms with Gasteiger partial charge in [0.15, 0.2) is 0 Å². The average molecular weight is 282 g/mol.